The van der Waals surface area contributed by atoms with Crippen LogP contribution in [0.4, 0.5) is 0 Å². The Bertz CT molecular complexity index is 516. The van der Waals surface area contributed by atoms with Crippen molar-refractivity contribution < 1.29 is 15.0 Å². The predicted molar refractivity (Wildman–Crippen MR) is 56.0 cm³/mol. The molecule has 1 atom stereocenters. The molecule has 0 spiro atoms. The van der Waals surface area contributed by atoms with E-state index in [0.29, 0.717) is 11.1 Å². The van der Waals surface area contributed by atoms with E-state index in [1.54, 1.807) is 31.3 Å². The topological polar surface area (TPSA) is 73.3 Å². The summed E-state index contributed by atoms with van der Waals surface area (Å²) in [5.41, 5.74) is 1.27. The number of phenols is 1. The number of aromatic amines is 1. The van der Waals surface area contributed by atoms with Crippen molar-refractivity contribution in [2.45, 2.75) is 12.8 Å². The van der Waals surface area contributed by atoms with Crippen molar-refractivity contribution in [1.29, 1.82) is 0 Å². The summed E-state index contributed by atoms with van der Waals surface area (Å²) in [6.07, 6.45) is 1.63. The molecule has 4 nitrogen and oxygen atoms in total. The first-order valence-electron chi connectivity index (χ1n) is 4.63. The molecule has 2 aromatic rings. The lowest BCUT2D eigenvalue weighted by molar-refractivity contribution is -0.138. The maximum Gasteiger partial charge on any atom is 0.310 e. The number of aliphatic carboxylic acids is 1. The second-order valence-electron chi connectivity index (χ2n) is 3.50. The summed E-state index contributed by atoms with van der Waals surface area (Å²) in [6, 6.07) is 5.05. The molecule has 0 aliphatic heterocycles. The molecule has 0 radical (unpaired) electrons. The lowest BCUT2D eigenvalue weighted by Gasteiger charge is -2.03. The molecule has 0 saturated heterocycles. The van der Waals surface area contributed by atoms with Crippen LogP contribution < -0.4 is 0 Å². The number of benzene rings is 1. The Labute approximate surface area is 86.2 Å². The molecule has 0 aliphatic rings. The Balaban J connectivity index is 2.64. The lowest BCUT2D eigenvalue weighted by Crippen LogP contribution is -2.06. The molecule has 0 bridgehead atoms. The molecule has 3 N–H and O–H groups in total. The smallest absolute Gasteiger partial charge is 0.310 e. The van der Waals surface area contributed by atoms with E-state index in [1.807, 2.05) is 0 Å². The van der Waals surface area contributed by atoms with Gasteiger partial charge in [0, 0.05) is 11.6 Å². The summed E-state index contributed by atoms with van der Waals surface area (Å²) in [5, 5.41) is 19.2. The lowest BCUT2D eigenvalue weighted by atomic mass is 10.0. The Kier molecular flexibility index (Phi) is 2.11. The fraction of sp³-hybridized carbons (Fsp3) is 0.182. The van der Waals surface area contributed by atoms with Gasteiger partial charge in [-0.05, 0) is 18.6 Å². The third kappa shape index (κ3) is 1.44. The number of aromatic hydroxyl groups is 1. The van der Waals surface area contributed by atoms with E-state index in [-0.39, 0.29) is 5.75 Å². The largest absolute Gasteiger partial charge is 0.506 e. The number of para-hydroxylation sites is 1. The van der Waals surface area contributed by atoms with E-state index in [4.69, 9.17) is 5.11 Å². The van der Waals surface area contributed by atoms with Gasteiger partial charge in [-0.1, -0.05) is 12.1 Å². The van der Waals surface area contributed by atoms with E-state index < -0.39 is 11.9 Å². The molecular weight excluding hydrogens is 194 g/mol. The standard InChI is InChI=1S/C11H11NO3/c1-6(11(14)15)8-5-12-10-7(8)3-2-4-9(10)13/h2-6,12-13H,1H3,(H,14,15). The van der Waals surface area contributed by atoms with Crippen LogP contribution in [0.25, 0.3) is 10.9 Å². The Morgan fingerprint density at radius 2 is 2.20 bits per heavy atom. The summed E-state index contributed by atoms with van der Waals surface area (Å²) < 4.78 is 0. The minimum Gasteiger partial charge on any atom is -0.506 e. The Morgan fingerprint density at radius 1 is 1.47 bits per heavy atom. The Morgan fingerprint density at radius 3 is 2.87 bits per heavy atom. The number of fused-ring (bicyclic) bond motifs is 1. The van der Waals surface area contributed by atoms with Crippen LogP contribution >= 0.6 is 0 Å². The monoisotopic (exact) mass is 205 g/mol. The van der Waals surface area contributed by atoms with E-state index in [2.05, 4.69) is 4.98 Å². The highest BCUT2D eigenvalue weighted by molar-refractivity contribution is 5.92. The second-order valence-corrected chi connectivity index (χ2v) is 3.50. The van der Waals surface area contributed by atoms with E-state index in [9.17, 15) is 9.90 Å². The number of carboxylic acids is 1. The van der Waals surface area contributed by atoms with Gasteiger partial charge in [0.25, 0.3) is 0 Å². The van der Waals surface area contributed by atoms with E-state index in [0.717, 1.165) is 5.39 Å². The molecule has 0 aliphatic carbocycles. The first-order chi connectivity index (χ1) is 7.11. The van der Waals surface area contributed by atoms with Crippen LogP contribution in [0.5, 0.6) is 5.75 Å². The third-order valence-corrected chi connectivity index (χ3v) is 2.56. The van der Waals surface area contributed by atoms with Gasteiger partial charge in [0.05, 0.1) is 11.4 Å². The number of carbonyl (C=O) groups is 1. The van der Waals surface area contributed by atoms with Gasteiger partial charge in [-0.3, -0.25) is 4.79 Å². The van der Waals surface area contributed by atoms with Crippen LogP contribution in [0.3, 0.4) is 0 Å². The molecule has 15 heavy (non-hydrogen) atoms. The molecule has 0 saturated carbocycles. The first kappa shape index (κ1) is 9.58. The molecule has 4 heteroatoms. The van der Waals surface area contributed by atoms with Crippen LogP contribution in [0.15, 0.2) is 24.4 Å². The molecule has 1 aromatic carbocycles. The normalized spacial score (nSPS) is 12.9. The van der Waals surface area contributed by atoms with Gasteiger partial charge >= 0.3 is 5.97 Å². The molecule has 1 unspecified atom stereocenters. The van der Waals surface area contributed by atoms with Gasteiger partial charge in [0.15, 0.2) is 0 Å². The van der Waals surface area contributed by atoms with Gasteiger partial charge in [-0.25, -0.2) is 0 Å². The quantitative estimate of drug-likeness (QED) is 0.702. The number of aromatic nitrogens is 1. The minimum absolute atomic E-state index is 0.135. The highest BCUT2D eigenvalue weighted by atomic mass is 16.4. The van der Waals surface area contributed by atoms with Crippen LogP contribution in [0, 0.1) is 0 Å². The van der Waals surface area contributed by atoms with Gasteiger partial charge in [-0.2, -0.15) is 0 Å². The number of H-pyrrole nitrogens is 1. The third-order valence-electron chi connectivity index (χ3n) is 2.56. The molecule has 78 valence electrons. The Hall–Kier alpha value is -1.97. The summed E-state index contributed by atoms with van der Waals surface area (Å²) in [5.74, 6) is -1.32. The summed E-state index contributed by atoms with van der Waals surface area (Å²) in [7, 11) is 0. The molecule has 2 rings (SSSR count). The van der Waals surface area contributed by atoms with Crippen molar-refractivity contribution in [2.24, 2.45) is 0 Å². The van der Waals surface area contributed by atoms with E-state index >= 15 is 0 Å². The van der Waals surface area contributed by atoms with Crippen LogP contribution in [0.1, 0.15) is 18.4 Å². The number of hydrogen-bond donors (Lipinski definition) is 3. The summed E-state index contributed by atoms with van der Waals surface area (Å²) in [4.78, 5) is 13.7. The van der Waals surface area contributed by atoms with Crippen molar-refractivity contribution in [3.63, 3.8) is 0 Å². The fourth-order valence-corrected chi connectivity index (χ4v) is 1.65. The zero-order chi connectivity index (χ0) is 11.0. The second kappa shape index (κ2) is 3.31. The molecular formula is C11H11NO3. The molecule has 1 heterocycles. The maximum atomic E-state index is 10.8. The van der Waals surface area contributed by atoms with E-state index in [1.165, 1.54) is 0 Å². The van der Waals surface area contributed by atoms with Crippen molar-refractivity contribution in [2.75, 3.05) is 0 Å². The molecule has 0 amide bonds. The van der Waals surface area contributed by atoms with Gasteiger partial charge < -0.3 is 15.2 Å². The maximum absolute atomic E-state index is 10.8. The van der Waals surface area contributed by atoms with Crippen LogP contribution in [0.2, 0.25) is 0 Å². The number of rotatable bonds is 2. The van der Waals surface area contributed by atoms with Crippen molar-refractivity contribution in [3.8, 4) is 5.75 Å². The number of hydrogen-bond acceptors (Lipinski definition) is 2. The number of carboxylic acid groups (broad SMARTS) is 1. The summed E-state index contributed by atoms with van der Waals surface area (Å²) in [6.45, 7) is 1.62. The predicted octanol–water partition coefficient (Wildman–Crippen LogP) is 2.06. The highest BCUT2D eigenvalue weighted by Gasteiger charge is 2.18. The van der Waals surface area contributed by atoms with Gasteiger partial charge in [0.1, 0.15) is 5.75 Å². The van der Waals surface area contributed by atoms with Crippen molar-refractivity contribution >= 4 is 16.9 Å². The van der Waals surface area contributed by atoms with Crippen LogP contribution in [-0.4, -0.2) is 21.2 Å². The number of nitrogens with one attached hydrogen (secondary N) is 1. The highest BCUT2D eigenvalue weighted by Crippen LogP contribution is 2.30. The molecule has 0 fully saturated rings. The zero-order valence-electron chi connectivity index (χ0n) is 8.19. The van der Waals surface area contributed by atoms with Gasteiger partial charge in [-0.15, -0.1) is 0 Å². The minimum atomic E-state index is -0.876. The summed E-state index contributed by atoms with van der Waals surface area (Å²) >= 11 is 0. The average Bonchev–Trinajstić information content (AvgIpc) is 2.61. The van der Waals surface area contributed by atoms with Crippen molar-refractivity contribution in [1.82, 2.24) is 4.98 Å². The first-order valence-corrected chi connectivity index (χ1v) is 4.63. The van der Waals surface area contributed by atoms with Crippen molar-refractivity contribution in [3.05, 3.63) is 30.0 Å². The zero-order valence-corrected chi connectivity index (χ0v) is 8.19. The fourth-order valence-electron chi connectivity index (χ4n) is 1.65. The average molecular weight is 205 g/mol. The van der Waals surface area contributed by atoms with Crippen LogP contribution in [-0.2, 0) is 4.79 Å². The number of phenolic OH excluding ortho intramolecular Hbond substituents is 1. The SMILES string of the molecule is CC(C(=O)O)c1c[nH]c2c(O)cccc12. The van der Waals surface area contributed by atoms with Gasteiger partial charge in [0.2, 0.25) is 0 Å². The molecule has 1 aromatic heterocycles.